The molecule has 1 heterocycles. The Bertz CT molecular complexity index is 361. The van der Waals surface area contributed by atoms with Gasteiger partial charge in [0.05, 0.1) is 0 Å². The zero-order chi connectivity index (χ0) is 13.0. The minimum absolute atomic E-state index is 0.166. The van der Waals surface area contributed by atoms with Crippen molar-refractivity contribution in [1.82, 2.24) is 5.32 Å². The number of benzene rings is 1. The number of hydrogen-bond donors (Lipinski definition) is 1. The zero-order valence-corrected chi connectivity index (χ0v) is 10.9. The molecule has 18 heavy (non-hydrogen) atoms. The van der Waals surface area contributed by atoms with Crippen LogP contribution in [0.1, 0.15) is 30.9 Å². The van der Waals surface area contributed by atoms with Crippen LogP contribution in [0.25, 0.3) is 0 Å². The lowest BCUT2D eigenvalue weighted by molar-refractivity contribution is 0.0226. The van der Waals surface area contributed by atoms with Crippen molar-refractivity contribution < 1.29 is 8.78 Å². The van der Waals surface area contributed by atoms with Crippen LogP contribution in [0.15, 0.2) is 24.3 Å². The molecule has 1 aliphatic rings. The van der Waals surface area contributed by atoms with Gasteiger partial charge in [-0.05, 0) is 56.3 Å². The third kappa shape index (κ3) is 4.37. The van der Waals surface area contributed by atoms with Crippen molar-refractivity contribution in [1.29, 1.82) is 0 Å². The van der Waals surface area contributed by atoms with Gasteiger partial charge in [0.15, 0.2) is 0 Å². The second-order valence-corrected chi connectivity index (χ2v) is 5.46. The van der Waals surface area contributed by atoms with E-state index in [0.29, 0.717) is 0 Å². The maximum atomic E-state index is 12.9. The summed E-state index contributed by atoms with van der Waals surface area (Å²) in [6.45, 7) is 3.17. The van der Waals surface area contributed by atoms with Gasteiger partial charge in [-0.25, -0.2) is 8.78 Å². The largest absolute Gasteiger partial charge is 0.317 e. The minimum Gasteiger partial charge on any atom is -0.317 e. The topological polar surface area (TPSA) is 12.0 Å². The number of alkyl halides is 2. The normalized spacial score (nSPS) is 17.9. The van der Waals surface area contributed by atoms with Gasteiger partial charge in [0.25, 0.3) is 0 Å². The fraction of sp³-hybridized carbons (Fsp3) is 0.600. The Balaban J connectivity index is 1.90. The van der Waals surface area contributed by atoms with Gasteiger partial charge < -0.3 is 5.32 Å². The molecule has 1 aromatic carbocycles. The summed E-state index contributed by atoms with van der Waals surface area (Å²) in [6, 6.07) is 7.69. The molecule has 0 atom stereocenters. The Labute approximate surface area is 108 Å². The van der Waals surface area contributed by atoms with E-state index in [0.717, 1.165) is 37.9 Å². The molecule has 1 aromatic rings. The Morgan fingerprint density at radius 1 is 1.11 bits per heavy atom. The maximum absolute atomic E-state index is 12.9. The van der Waals surface area contributed by atoms with E-state index in [2.05, 4.69) is 5.32 Å². The molecule has 0 amide bonds. The van der Waals surface area contributed by atoms with Crippen LogP contribution < -0.4 is 5.32 Å². The summed E-state index contributed by atoms with van der Waals surface area (Å²) in [5.41, 5.74) is 1.99. The smallest absolute Gasteiger partial charge is 0.249 e. The first-order valence-electron chi connectivity index (χ1n) is 6.69. The predicted molar refractivity (Wildman–Crippen MR) is 70.1 cm³/mol. The number of piperidine rings is 1. The van der Waals surface area contributed by atoms with E-state index in [1.807, 2.05) is 24.3 Å². The highest BCUT2D eigenvalue weighted by Crippen LogP contribution is 2.21. The van der Waals surface area contributed by atoms with Crippen LogP contribution in [0, 0.1) is 5.92 Å². The molecule has 0 aliphatic carbocycles. The van der Waals surface area contributed by atoms with Crippen LogP contribution in [0.5, 0.6) is 0 Å². The zero-order valence-electron chi connectivity index (χ0n) is 10.9. The van der Waals surface area contributed by atoms with E-state index in [9.17, 15) is 8.78 Å². The Morgan fingerprint density at radius 3 is 2.22 bits per heavy atom. The summed E-state index contributed by atoms with van der Waals surface area (Å²) in [4.78, 5) is 0. The molecule has 100 valence electrons. The molecule has 1 nitrogen and oxygen atoms in total. The van der Waals surface area contributed by atoms with E-state index >= 15 is 0 Å². The van der Waals surface area contributed by atoms with E-state index in [4.69, 9.17) is 0 Å². The lowest BCUT2D eigenvalue weighted by Gasteiger charge is -2.22. The molecule has 0 saturated carbocycles. The summed E-state index contributed by atoms with van der Waals surface area (Å²) < 4.78 is 25.7. The molecule has 1 aliphatic heterocycles. The van der Waals surface area contributed by atoms with Gasteiger partial charge >= 0.3 is 0 Å². The summed E-state index contributed by atoms with van der Waals surface area (Å²) in [5, 5.41) is 3.35. The molecule has 0 radical (unpaired) electrons. The highest BCUT2D eigenvalue weighted by atomic mass is 19.3. The van der Waals surface area contributed by atoms with Gasteiger partial charge in [-0.2, -0.15) is 0 Å². The van der Waals surface area contributed by atoms with Crippen molar-refractivity contribution in [2.75, 3.05) is 13.1 Å². The average molecular weight is 253 g/mol. The van der Waals surface area contributed by atoms with Crippen molar-refractivity contribution in [3.63, 3.8) is 0 Å². The third-order valence-electron chi connectivity index (χ3n) is 3.52. The SMILES string of the molecule is CC(F)(F)Cc1ccc(CC2CCNCC2)cc1. The lowest BCUT2D eigenvalue weighted by Crippen LogP contribution is -2.28. The molecule has 3 heteroatoms. The van der Waals surface area contributed by atoms with Crippen molar-refractivity contribution in [3.05, 3.63) is 35.4 Å². The number of hydrogen-bond acceptors (Lipinski definition) is 1. The minimum atomic E-state index is -2.61. The van der Waals surface area contributed by atoms with Gasteiger partial charge in [0.2, 0.25) is 5.92 Å². The van der Waals surface area contributed by atoms with Crippen LogP contribution in [-0.2, 0) is 12.8 Å². The van der Waals surface area contributed by atoms with E-state index in [-0.39, 0.29) is 6.42 Å². The van der Waals surface area contributed by atoms with Crippen molar-refractivity contribution in [2.24, 2.45) is 5.92 Å². The average Bonchev–Trinajstić information content (AvgIpc) is 2.31. The number of nitrogens with one attached hydrogen (secondary N) is 1. The molecular formula is C15H21F2N. The second-order valence-electron chi connectivity index (χ2n) is 5.46. The quantitative estimate of drug-likeness (QED) is 0.867. The van der Waals surface area contributed by atoms with Crippen molar-refractivity contribution in [3.8, 4) is 0 Å². The summed E-state index contributed by atoms with van der Waals surface area (Å²) in [7, 11) is 0. The fourth-order valence-corrected chi connectivity index (χ4v) is 2.57. The monoisotopic (exact) mass is 253 g/mol. The van der Waals surface area contributed by atoms with Crippen LogP contribution in [0.2, 0.25) is 0 Å². The standard InChI is InChI=1S/C15H21F2N/c1-15(16,17)11-14-4-2-12(3-5-14)10-13-6-8-18-9-7-13/h2-5,13,18H,6-11H2,1H3. The van der Waals surface area contributed by atoms with Crippen molar-refractivity contribution in [2.45, 2.75) is 38.5 Å². The summed E-state index contributed by atoms with van der Waals surface area (Å²) in [5.74, 6) is -1.87. The van der Waals surface area contributed by atoms with E-state index < -0.39 is 5.92 Å². The van der Waals surface area contributed by atoms with Crippen LogP contribution in [0.4, 0.5) is 8.78 Å². The highest BCUT2D eigenvalue weighted by Gasteiger charge is 2.21. The van der Waals surface area contributed by atoms with Crippen LogP contribution in [0.3, 0.4) is 0 Å². The fourth-order valence-electron chi connectivity index (χ4n) is 2.57. The second kappa shape index (κ2) is 5.79. The summed E-state index contributed by atoms with van der Waals surface area (Å²) >= 11 is 0. The molecule has 0 spiro atoms. The molecule has 1 N–H and O–H groups in total. The van der Waals surface area contributed by atoms with Gasteiger partial charge in [-0.15, -0.1) is 0 Å². The molecule has 1 saturated heterocycles. The van der Waals surface area contributed by atoms with Gasteiger partial charge in [0, 0.05) is 6.42 Å². The van der Waals surface area contributed by atoms with Crippen LogP contribution >= 0.6 is 0 Å². The van der Waals surface area contributed by atoms with Gasteiger partial charge in [0.1, 0.15) is 0 Å². The van der Waals surface area contributed by atoms with Crippen molar-refractivity contribution >= 4 is 0 Å². The molecular weight excluding hydrogens is 232 g/mol. The molecule has 2 rings (SSSR count). The Morgan fingerprint density at radius 2 is 1.67 bits per heavy atom. The summed E-state index contributed by atoms with van der Waals surface area (Å²) in [6.07, 6.45) is 3.34. The first-order valence-corrected chi connectivity index (χ1v) is 6.69. The maximum Gasteiger partial charge on any atom is 0.249 e. The first kappa shape index (κ1) is 13.5. The molecule has 0 unspecified atom stereocenters. The van der Waals surface area contributed by atoms with E-state index in [1.165, 1.54) is 18.4 Å². The molecule has 1 fully saturated rings. The predicted octanol–water partition coefficient (Wildman–Crippen LogP) is 3.43. The van der Waals surface area contributed by atoms with Crippen LogP contribution in [-0.4, -0.2) is 19.0 Å². The Hall–Kier alpha value is -0.960. The van der Waals surface area contributed by atoms with Gasteiger partial charge in [-0.1, -0.05) is 24.3 Å². The number of halogens is 2. The van der Waals surface area contributed by atoms with Gasteiger partial charge in [-0.3, -0.25) is 0 Å². The highest BCUT2D eigenvalue weighted by molar-refractivity contribution is 5.23. The molecule has 0 aromatic heterocycles. The molecule has 0 bridgehead atoms. The third-order valence-corrected chi connectivity index (χ3v) is 3.52. The first-order chi connectivity index (χ1) is 8.53. The van der Waals surface area contributed by atoms with E-state index in [1.54, 1.807) is 0 Å². The number of rotatable bonds is 4. The lowest BCUT2D eigenvalue weighted by atomic mass is 9.90. The Kier molecular flexibility index (Phi) is 4.33.